The summed E-state index contributed by atoms with van der Waals surface area (Å²) in [6.07, 6.45) is 0. The summed E-state index contributed by atoms with van der Waals surface area (Å²) in [6.45, 7) is 0. The summed E-state index contributed by atoms with van der Waals surface area (Å²) < 4.78 is 6.79. The number of nitrogens with one attached hydrogen (secondary N) is 1. The van der Waals surface area contributed by atoms with Crippen LogP contribution in [-0.2, 0) is 0 Å². The zero-order valence-electron chi connectivity index (χ0n) is 10.3. The fourth-order valence-corrected chi connectivity index (χ4v) is 2.74. The third-order valence-electron chi connectivity index (χ3n) is 2.79. The molecule has 0 spiro atoms. The zero-order chi connectivity index (χ0) is 13.2. The van der Waals surface area contributed by atoms with Gasteiger partial charge >= 0.3 is 6.03 Å². The lowest BCUT2D eigenvalue weighted by Gasteiger charge is -2.27. The van der Waals surface area contributed by atoms with Crippen LogP contribution in [0.25, 0.3) is 0 Å². The average Bonchev–Trinajstić information content (AvgIpc) is 2.47. The second-order valence-electron chi connectivity index (χ2n) is 4.01. The van der Waals surface area contributed by atoms with Crippen molar-refractivity contribution in [3.63, 3.8) is 0 Å². The molecule has 1 heterocycles. The number of amides is 2. The van der Waals surface area contributed by atoms with Gasteiger partial charge in [0.2, 0.25) is 0 Å². The Morgan fingerprint density at radius 2 is 1.95 bits per heavy atom. The smallest absolute Gasteiger partial charge is 0.336 e. The number of ether oxygens (including phenoxy) is 1. The van der Waals surface area contributed by atoms with E-state index in [4.69, 9.17) is 4.74 Å². The Bertz CT molecular complexity index is 616. The molecule has 0 radical (unpaired) electrons. The maximum Gasteiger partial charge on any atom is 0.336 e. The van der Waals surface area contributed by atoms with Crippen molar-refractivity contribution in [1.29, 1.82) is 0 Å². The van der Waals surface area contributed by atoms with Gasteiger partial charge in [0.05, 0.1) is 23.4 Å². The Morgan fingerprint density at radius 3 is 2.68 bits per heavy atom. The van der Waals surface area contributed by atoms with E-state index >= 15 is 0 Å². The van der Waals surface area contributed by atoms with Crippen LogP contribution in [0.2, 0.25) is 0 Å². The fraction of sp³-hybridized carbons (Fsp3) is 0.0714. The van der Waals surface area contributed by atoms with Crippen LogP contribution < -0.4 is 14.4 Å². The van der Waals surface area contributed by atoms with Gasteiger partial charge in [-0.05, 0) is 36.2 Å². The van der Waals surface area contributed by atoms with Crippen LogP contribution in [0.4, 0.5) is 16.2 Å². The Balaban J connectivity index is 1.94. The summed E-state index contributed by atoms with van der Waals surface area (Å²) in [7, 11) is 1.61. The van der Waals surface area contributed by atoms with Gasteiger partial charge in [-0.15, -0.1) is 0 Å². The van der Waals surface area contributed by atoms with Crippen molar-refractivity contribution in [2.75, 3.05) is 16.7 Å². The highest BCUT2D eigenvalue weighted by molar-refractivity contribution is 8.01. The lowest BCUT2D eigenvalue weighted by atomic mass is 10.3. The quantitative estimate of drug-likeness (QED) is 0.846. The van der Waals surface area contributed by atoms with Crippen LogP contribution in [0.5, 0.6) is 5.75 Å². The molecule has 0 aliphatic carbocycles. The number of benzene rings is 2. The highest BCUT2D eigenvalue weighted by atomic mass is 32.2. The van der Waals surface area contributed by atoms with E-state index in [1.54, 1.807) is 11.4 Å². The van der Waals surface area contributed by atoms with Gasteiger partial charge in [-0.2, -0.15) is 0 Å². The Labute approximate surface area is 115 Å². The number of carbonyl (C=O) groups excluding carboxylic acids is 1. The van der Waals surface area contributed by atoms with E-state index < -0.39 is 0 Å². The molecule has 2 aromatic rings. The van der Waals surface area contributed by atoms with Crippen LogP contribution in [0.1, 0.15) is 0 Å². The number of anilines is 2. The molecular weight excluding hydrogens is 260 g/mol. The number of para-hydroxylation sites is 1. The molecule has 0 aromatic heterocycles. The summed E-state index contributed by atoms with van der Waals surface area (Å²) in [5.74, 6) is 0.729. The third-order valence-corrected chi connectivity index (χ3v) is 3.91. The van der Waals surface area contributed by atoms with Crippen LogP contribution in [0.15, 0.2) is 53.4 Å². The molecular formula is C14H12N2O2S. The molecule has 3 rings (SSSR count). The second-order valence-corrected chi connectivity index (χ2v) is 5.00. The number of rotatable bonds is 2. The summed E-state index contributed by atoms with van der Waals surface area (Å²) in [5, 5.41) is 2.87. The number of urea groups is 1. The van der Waals surface area contributed by atoms with Crippen molar-refractivity contribution in [1.82, 2.24) is 0 Å². The number of carbonyl (C=O) groups is 1. The van der Waals surface area contributed by atoms with Crippen molar-refractivity contribution in [2.45, 2.75) is 4.90 Å². The molecule has 0 atom stereocenters. The number of methoxy groups -OCH3 is 1. The predicted octanol–water partition coefficient (Wildman–Crippen LogP) is 3.75. The lowest BCUT2D eigenvalue weighted by Crippen LogP contribution is -2.32. The van der Waals surface area contributed by atoms with E-state index in [1.165, 1.54) is 11.9 Å². The molecule has 0 fully saturated rings. The van der Waals surface area contributed by atoms with Gasteiger partial charge in [-0.1, -0.05) is 18.2 Å². The van der Waals surface area contributed by atoms with Gasteiger partial charge in [0.1, 0.15) is 5.75 Å². The molecule has 1 aliphatic rings. The van der Waals surface area contributed by atoms with E-state index in [0.717, 1.165) is 22.0 Å². The molecule has 19 heavy (non-hydrogen) atoms. The Hall–Kier alpha value is -2.14. The fourth-order valence-electron chi connectivity index (χ4n) is 1.85. The minimum atomic E-state index is -0.156. The molecule has 0 unspecified atom stereocenters. The number of fused-ring (bicyclic) bond motifs is 1. The van der Waals surface area contributed by atoms with Crippen LogP contribution in [0.3, 0.4) is 0 Å². The first-order chi connectivity index (χ1) is 9.28. The summed E-state index contributed by atoms with van der Waals surface area (Å²) in [5.41, 5.74) is 1.63. The van der Waals surface area contributed by atoms with Crippen molar-refractivity contribution in [3.8, 4) is 5.75 Å². The van der Waals surface area contributed by atoms with E-state index in [9.17, 15) is 4.79 Å². The minimum absolute atomic E-state index is 0.156. The van der Waals surface area contributed by atoms with Gasteiger partial charge in [0, 0.05) is 6.07 Å². The van der Waals surface area contributed by atoms with E-state index in [1.807, 2.05) is 48.5 Å². The maximum atomic E-state index is 12.1. The molecule has 2 aromatic carbocycles. The van der Waals surface area contributed by atoms with Gasteiger partial charge in [-0.3, -0.25) is 0 Å². The summed E-state index contributed by atoms with van der Waals surface area (Å²) in [4.78, 5) is 13.1. The first kappa shape index (κ1) is 11.9. The monoisotopic (exact) mass is 272 g/mol. The summed E-state index contributed by atoms with van der Waals surface area (Å²) in [6, 6.07) is 15.0. The van der Waals surface area contributed by atoms with E-state index in [-0.39, 0.29) is 6.03 Å². The van der Waals surface area contributed by atoms with Crippen LogP contribution in [-0.4, -0.2) is 13.1 Å². The van der Waals surface area contributed by atoms with Crippen molar-refractivity contribution in [3.05, 3.63) is 48.5 Å². The number of nitrogens with zero attached hydrogens (tertiary/aromatic N) is 1. The molecule has 0 saturated heterocycles. The van der Waals surface area contributed by atoms with Crippen LogP contribution in [0, 0.1) is 0 Å². The molecule has 96 valence electrons. The molecule has 0 saturated carbocycles. The third kappa shape index (κ3) is 2.24. The van der Waals surface area contributed by atoms with Crippen molar-refractivity contribution >= 4 is 29.4 Å². The maximum absolute atomic E-state index is 12.1. The summed E-state index contributed by atoms with van der Waals surface area (Å²) >= 11 is 1.40. The topological polar surface area (TPSA) is 41.6 Å². The zero-order valence-corrected chi connectivity index (χ0v) is 11.1. The molecule has 0 bridgehead atoms. The lowest BCUT2D eigenvalue weighted by molar-refractivity contribution is 0.260. The number of hydrogen-bond donors (Lipinski definition) is 1. The highest BCUT2D eigenvalue weighted by Gasteiger charge is 2.25. The largest absolute Gasteiger partial charge is 0.497 e. The first-order valence-electron chi connectivity index (χ1n) is 5.80. The Morgan fingerprint density at radius 1 is 1.16 bits per heavy atom. The Kier molecular flexibility index (Phi) is 3.05. The SMILES string of the molecule is COc1ccc2c(c1)NC(=O)N(c1ccccc1)S2. The van der Waals surface area contributed by atoms with E-state index in [0.29, 0.717) is 0 Å². The molecule has 1 N–H and O–H groups in total. The van der Waals surface area contributed by atoms with Gasteiger partial charge in [-0.25, -0.2) is 9.10 Å². The van der Waals surface area contributed by atoms with Gasteiger partial charge < -0.3 is 10.1 Å². The second kappa shape index (κ2) is 4.85. The molecule has 1 aliphatic heterocycles. The first-order valence-corrected chi connectivity index (χ1v) is 6.57. The predicted molar refractivity (Wildman–Crippen MR) is 76.8 cm³/mol. The van der Waals surface area contributed by atoms with Crippen molar-refractivity contribution in [2.24, 2.45) is 0 Å². The molecule has 4 nitrogen and oxygen atoms in total. The van der Waals surface area contributed by atoms with E-state index in [2.05, 4.69) is 5.32 Å². The molecule has 5 heteroatoms. The van der Waals surface area contributed by atoms with Gasteiger partial charge in [0.15, 0.2) is 0 Å². The molecule has 2 amide bonds. The normalized spacial score (nSPS) is 13.7. The standard InChI is InChI=1S/C14H12N2O2S/c1-18-11-7-8-13-12(9-11)15-14(17)16(19-13)10-5-3-2-4-6-10/h2-9H,1H3,(H,15,17). The van der Waals surface area contributed by atoms with Gasteiger partial charge in [0.25, 0.3) is 0 Å². The minimum Gasteiger partial charge on any atom is -0.497 e. The van der Waals surface area contributed by atoms with Crippen molar-refractivity contribution < 1.29 is 9.53 Å². The average molecular weight is 272 g/mol. The number of hydrogen-bond acceptors (Lipinski definition) is 3. The highest BCUT2D eigenvalue weighted by Crippen LogP contribution is 2.39. The van der Waals surface area contributed by atoms with Crippen LogP contribution >= 0.6 is 11.9 Å².